The first kappa shape index (κ1) is 11.0. The van der Waals surface area contributed by atoms with Gasteiger partial charge in [-0.15, -0.1) is 11.3 Å². The van der Waals surface area contributed by atoms with Crippen molar-refractivity contribution in [3.8, 4) is 0 Å². The molecular weight excluding hydrogens is 206 g/mol. The van der Waals surface area contributed by atoms with E-state index in [9.17, 15) is 0 Å². The first-order valence-corrected chi connectivity index (χ1v) is 6.49. The average Bonchev–Trinajstić information content (AvgIpc) is 2.66. The Labute approximate surface area is 95.3 Å². The molecule has 1 aromatic heterocycles. The molecule has 1 fully saturated rings. The summed E-state index contributed by atoms with van der Waals surface area (Å²) in [5.74, 6) is 0.754. The number of aromatic nitrogens is 1. The van der Waals surface area contributed by atoms with Crippen molar-refractivity contribution >= 4 is 11.3 Å². The van der Waals surface area contributed by atoms with E-state index in [0.29, 0.717) is 0 Å². The number of thiazole rings is 1. The molecule has 0 amide bonds. The monoisotopic (exact) mass is 225 g/mol. The number of hydrogen-bond donors (Lipinski definition) is 1. The first-order chi connectivity index (χ1) is 7.29. The van der Waals surface area contributed by atoms with Crippen molar-refractivity contribution in [2.24, 2.45) is 11.7 Å². The van der Waals surface area contributed by atoms with E-state index in [1.54, 1.807) is 11.3 Å². The lowest BCUT2D eigenvalue weighted by Crippen LogP contribution is -2.35. The maximum atomic E-state index is 5.68. The molecule has 2 rings (SSSR count). The highest BCUT2D eigenvalue weighted by Crippen LogP contribution is 2.20. The molecule has 0 radical (unpaired) electrons. The quantitative estimate of drug-likeness (QED) is 0.850. The predicted molar refractivity (Wildman–Crippen MR) is 63.9 cm³/mol. The van der Waals surface area contributed by atoms with Gasteiger partial charge < -0.3 is 5.73 Å². The largest absolute Gasteiger partial charge is 0.330 e. The van der Waals surface area contributed by atoms with E-state index in [1.807, 2.05) is 5.51 Å². The van der Waals surface area contributed by atoms with E-state index in [0.717, 1.165) is 19.0 Å². The van der Waals surface area contributed by atoms with Crippen LogP contribution in [0.4, 0.5) is 0 Å². The van der Waals surface area contributed by atoms with Crippen molar-refractivity contribution in [1.82, 2.24) is 9.88 Å². The van der Waals surface area contributed by atoms with Gasteiger partial charge in [-0.2, -0.15) is 0 Å². The molecule has 2 N–H and O–H groups in total. The summed E-state index contributed by atoms with van der Waals surface area (Å²) in [7, 11) is 0. The maximum absolute atomic E-state index is 5.68. The number of nitrogens with two attached hydrogens (primary N) is 1. The normalized spacial score (nSPS) is 19.6. The van der Waals surface area contributed by atoms with Gasteiger partial charge in [0.15, 0.2) is 0 Å². The van der Waals surface area contributed by atoms with Crippen LogP contribution in [0.3, 0.4) is 0 Å². The van der Waals surface area contributed by atoms with Gasteiger partial charge in [-0.05, 0) is 45.3 Å². The van der Waals surface area contributed by atoms with Crippen LogP contribution in [0.5, 0.6) is 0 Å². The minimum atomic E-state index is 0.754. The van der Waals surface area contributed by atoms with Crippen LogP contribution in [0.2, 0.25) is 0 Å². The fourth-order valence-electron chi connectivity index (χ4n) is 2.06. The molecular formula is C11H19N3S. The second-order valence-electron chi connectivity index (χ2n) is 4.32. The zero-order chi connectivity index (χ0) is 10.7. The molecule has 0 bridgehead atoms. The highest BCUT2D eigenvalue weighted by atomic mass is 32.1. The third-order valence-corrected chi connectivity index (χ3v) is 4.17. The number of nitrogens with zero attached hydrogens (tertiary/aromatic N) is 2. The zero-order valence-corrected chi connectivity index (χ0v) is 10.1. The van der Waals surface area contributed by atoms with Crippen LogP contribution in [0.15, 0.2) is 5.51 Å². The SMILES string of the molecule is Cc1ncsc1CN1CCC(CN)CC1. The molecule has 0 aliphatic carbocycles. The number of hydrogen-bond acceptors (Lipinski definition) is 4. The molecule has 84 valence electrons. The van der Waals surface area contributed by atoms with E-state index in [2.05, 4.69) is 16.8 Å². The summed E-state index contributed by atoms with van der Waals surface area (Å²) in [6.45, 7) is 6.41. The van der Waals surface area contributed by atoms with Crippen molar-refractivity contribution in [3.05, 3.63) is 16.1 Å². The Morgan fingerprint density at radius 1 is 1.53 bits per heavy atom. The van der Waals surface area contributed by atoms with Crippen molar-refractivity contribution in [1.29, 1.82) is 0 Å². The van der Waals surface area contributed by atoms with Crippen LogP contribution in [0.1, 0.15) is 23.4 Å². The molecule has 2 heterocycles. The van der Waals surface area contributed by atoms with Gasteiger partial charge in [-0.25, -0.2) is 4.98 Å². The molecule has 1 aliphatic rings. The Kier molecular flexibility index (Phi) is 3.72. The third kappa shape index (κ3) is 2.77. The average molecular weight is 225 g/mol. The topological polar surface area (TPSA) is 42.2 Å². The van der Waals surface area contributed by atoms with Gasteiger partial charge >= 0.3 is 0 Å². The van der Waals surface area contributed by atoms with Crippen molar-refractivity contribution in [2.75, 3.05) is 19.6 Å². The molecule has 15 heavy (non-hydrogen) atoms. The van der Waals surface area contributed by atoms with Crippen LogP contribution in [-0.4, -0.2) is 29.5 Å². The highest BCUT2D eigenvalue weighted by Gasteiger charge is 2.18. The van der Waals surface area contributed by atoms with Crippen LogP contribution < -0.4 is 5.73 Å². The Balaban J connectivity index is 1.85. The second kappa shape index (κ2) is 5.05. The van der Waals surface area contributed by atoms with Gasteiger partial charge in [0.05, 0.1) is 11.2 Å². The molecule has 4 heteroatoms. The number of likely N-dealkylation sites (tertiary alicyclic amines) is 1. The highest BCUT2D eigenvalue weighted by molar-refractivity contribution is 7.09. The summed E-state index contributed by atoms with van der Waals surface area (Å²) >= 11 is 1.77. The minimum absolute atomic E-state index is 0.754. The Morgan fingerprint density at radius 2 is 2.27 bits per heavy atom. The van der Waals surface area contributed by atoms with Gasteiger partial charge in [0.25, 0.3) is 0 Å². The van der Waals surface area contributed by atoms with Crippen LogP contribution in [0.25, 0.3) is 0 Å². The standard InChI is InChI=1S/C11H19N3S/c1-9-11(15-8-13-9)7-14-4-2-10(6-12)3-5-14/h8,10H,2-7,12H2,1H3. The lowest BCUT2D eigenvalue weighted by molar-refractivity contribution is 0.181. The Morgan fingerprint density at radius 3 is 2.80 bits per heavy atom. The summed E-state index contributed by atoms with van der Waals surface area (Å²) in [6.07, 6.45) is 2.52. The van der Waals surface area contributed by atoms with Crippen molar-refractivity contribution in [3.63, 3.8) is 0 Å². The Hall–Kier alpha value is -0.450. The summed E-state index contributed by atoms with van der Waals surface area (Å²) in [5.41, 5.74) is 8.82. The molecule has 1 aromatic rings. The fraction of sp³-hybridized carbons (Fsp3) is 0.727. The molecule has 0 atom stereocenters. The predicted octanol–water partition coefficient (Wildman–Crippen LogP) is 1.62. The van der Waals surface area contributed by atoms with E-state index < -0.39 is 0 Å². The van der Waals surface area contributed by atoms with Crippen LogP contribution >= 0.6 is 11.3 Å². The molecule has 0 spiro atoms. The number of aryl methyl sites for hydroxylation is 1. The smallest absolute Gasteiger partial charge is 0.0798 e. The molecule has 1 aliphatic heterocycles. The van der Waals surface area contributed by atoms with Crippen LogP contribution in [0, 0.1) is 12.8 Å². The number of rotatable bonds is 3. The van der Waals surface area contributed by atoms with Gasteiger partial charge in [0.2, 0.25) is 0 Å². The van der Waals surface area contributed by atoms with E-state index in [4.69, 9.17) is 5.73 Å². The summed E-state index contributed by atoms with van der Waals surface area (Å²) in [4.78, 5) is 8.22. The molecule has 0 aromatic carbocycles. The Bertz CT molecular complexity index is 303. The summed E-state index contributed by atoms with van der Waals surface area (Å²) < 4.78 is 0. The zero-order valence-electron chi connectivity index (χ0n) is 9.28. The number of piperidine rings is 1. The van der Waals surface area contributed by atoms with Gasteiger partial charge in [-0.3, -0.25) is 4.90 Å². The van der Waals surface area contributed by atoms with Crippen molar-refractivity contribution < 1.29 is 0 Å². The molecule has 0 saturated carbocycles. The van der Waals surface area contributed by atoms with Gasteiger partial charge in [0.1, 0.15) is 0 Å². The van der Waals surface area contributed by atoms with E-state index in [-0.39, 0.29) is 0 Å². The maximum Gasteiger partial charge on any atom is 0.0798 e. The minimum Gasteiger partial charge on any atom is -0.330 e. The molecule has 1 saturated heterocycles. The first-order valence-electron chi connectivity index (χ1n) is 5.61. The second-order valence-corrected chi connectivity index (χ2v) is 5.26. The third-order valence-electron chi connectivity index (χ3n) is 3.25. The van der Waals surface area contributed by atoms with Gasteiger partial charge in [-0.1, -0.05) is 0 Å². The lowest BCUT2D eigenvalue weighted by atomic mass is 9.97. The summed E-state index contributed by atoms with van der Waals surface area (Å²) in [5, 5.41) is 0. The van der Waals surface area contributed by atoms with E-state index in [1.165, 1.54) is 36.5 Å². The lowest BCUT2D eigenvalue weighted by Gasteiger charge is -2.30. The van der Waals surface area contributed by atoms with Gasteiger partial charge in [0, 0.05) is 11.4 Å². The summed E-state index contributed by atoms with van der Waals surface area (Å²) in [6, 6.07) is 0. The molecule has 0 unspecified atom stereocenters. The van der Waals surface area contributed by atoms with E-state index >= 15 is 0 Å². The molecule has 3 nitrogen and oxygen atoms in total. The fourth-order valence-corrected chi connectivity index (χ4v) is 2.88. The van der Waals surface area contributed by atoms with Crippen LogP contribution in [-0.2, 0) is 6.54 Å². The van der Waals surface area contributed by atoms with Crippen molar-refractivity contribution in [2.45, 2.75) is 26.3 Å².